The second-order valence-electron chi connectivity index (χ2n) is 3.07. The van der Waals surface area contributed by atoms with Crippen LogP contribution >= 0.6 is 0 Å². The van der Waals surface area contributed by atoms with Crippen LogP contribution in [-0.4, -0.2) is 72.9 Å². The first-order valence-corrected chi connectivity index (χ1v) is 5.65. The van der Waals surface area contributed by atoms with Crippen LogP contribution in [0, 0.1) is 0 Å². The first-order valence-electron chi connectivity index (χ1n) is 5.65. The Labute approximate surface area is 102 Å². The van der Waals surface area contributed by atoms with Crippen molar-refractivity contribution in [2.24, 2.45) is 0 Å². The Bertz CT molecular complexity index is 153. The lowest BCUT2D eigenvalue weighted by Crippen LogP contribution is -2.13. The summed E-state index contributed by atoms with van der Waals surface area (Å²) in [7, 11) is 1.63. The highest BCUT2D eigenvalue weighted by Crippen LogP contribution is 1.82. The molecule has 0 aromatic rings. The fourth-order valence-electron chi connectivity index (χ4n) is 0.933. The largest absolute Gasteiger partial charge is 0.382 e. The van der Waals surface area contributed by atoms with Crippen molar-refractivity contribution in [1.29, 1.82) is 0 Å². The van der Waals surface area contributed by atoms with Crippen molar-refractivity contribution in [2.45, 2.75) is 0 Å². The van der Waals surface area contributed by atoms with Crippen LogP contribution in [-0.2, 0) is 28.5 Å². The van der Waals surface area contributed by atoms with E-state index >= 15 is 0 Å². The minimum atomic E-state index is 0.124. The van der Waals surface area contributed by atoms with E-state index in [1.807, 2.05) is 0 Å². The Hall–Kier alpha value is -0.530. The second-order valence-corrected chi connectivity index (χ2v) is 3.07. The van der Waals surface area contributed by atoms with Gasteiger partial charge < -0.3 is 28.5 Å². The van der Waals surface area contributed by atoms with Crippen molar-refractivity contribution < 1.29 is 28.5 Å². The zero-order valence-corrected chi connectivity index (χ0v) is 10.4. The second kappa shape index (κ2) is 15.5. The summed E-state index contributed by atoms with van der Waals surface area (Å²) in [6, 6.07) is 0. The highest BCUT2D eigenvalue weighted by Gasteiger charge is 1.92. The zero-order valence-electron chi connectivity index (χ0n) is 10.4. The summed E-state index contributed by atoms with van der Waals surface area (Å²) in [5, 5.41) is 0. The van der Waals surface area contributed by atoms with Crippen molar-refractivity contribution in [1.82, 2.24) is 0 Å². The molecule has 0 rings (SSSR count). The Morgan fingerprint density at radius 3 is 1.53 bits per heavy atom. The van der Waals surface area contributed by atoms with Crippen molar-refractivity contribution in [3.63, 3.8) is 0 Å². The number of rotatable bonds is 14. The molecular weight excluding hydrogens is 228 g/mol. The van der Waals surface area contributed by atoms with Gasteiger partial charge >= 0.3 is 0 Å². The predicted octanol–water partition coefficient (Wildman–Crippen LogP) is -0.102. The first-order chi connectivity index (χ1) is 8.41. The standard InChI is InChI=1S/C11H22O6/c1-13-4-5-15-8-9-17-11-10-16-7-6-14-3-2-12/h2H,3-11H2,1H3. The van der Waals surface area contributed by atoms with Crippen LogP contribution in [0.1, 0.15) is 0 Å². The molecule has 0 saturated heterocycles. The van der Waals surface area contributed by atoms with E-state index < -0.39 is 0 Å². The quantitative estimate of drug-likeness (QED) is 0.317. The van der Waals surface area contributed by atoms with Gasteiger partial charge in [0.15, 0.2) is 0 Å². The third kappa shape index (κ3) is 15.5. The molecule has 0 aliphatic heterocycles. The summed E-state index contributed by atoms with van der Waals surface area (Å²) in [4.78, 5) is 9.90. The van der Waals surface area contributed by atoms with E-state index in [0.717, 1.165) is 0 Å². The molecule has 6 nitrogen and oxygen atoms in total. The maximum Gasteiger partial charge on any atom is 0.145 e. The van der Waals surface area contributed by atoms with E-state index in [1.54, 1.807) is 7.11 Å². The summed E-state index contributed by atoms with van der Waals surface area (Å²) in [5.41, 5.74) is 0. The molecule has 0 saturated carbocycles. The van der Waals surface area contributed by atoms with Crippen LogP contribution in [0.25, 0.3) is 0 Å². The van der Waals surface area contributed by atoms with Crippen LogP contribution in [0.15, 0.2) is 0 Å². The first kappa shape index (κ1) is 16.5. The van der Waals surface area contributed by atoms with Gasteiger partial charge in [-0.3, -0.25) is 0 Å². The molecule has 17 heavy (non-hydrogen) atoms. The van der Waals surface area contributed by atoms with Gasteiger partial charge in [0.1, 0.15) is 12.9 Å². The van der Waals surface area contributed by atoms with Crippen molar-refractivity contribution in [3.8, 4) is 0 Å². The Kier molecular flexibility index (Phi) is 15.0. The molecule has 102 valence electrons. The van der Waals surface area contributed by atoms with Gasteiger partial charge in [-0.15, -0.1) is 0 Å². The molecule has 0 spiro atoms. The minimum Gasteiger partial charge on any atom is -0.382 e. The van der Waals surface area contributed by atoms with Crippen LogP contribution in [0.4, 0.5) is 0 Å². The van der Waals surface area contributed by atoms with E-state index in [-0.39, 0.29) is 6.61 Å². The number of aldehydes is 1. The molecule has 0 fully saturated rings. The fraction of sp³-hybridized carbons (Fsp3) is 0.909. The smallest absolute Gasteiger partial charge is 0.145 e. The predicted molar refractivity (Wildman–Crippen MR) is 61.2 cm³/mol. The molecular formula is C11H22O6. The van der Waals surface area contributed by atoms with Gasteiger partial charge in [0.2, 0.25) is 0 Å². The lowest BCUT2D eigenvalue weighted by atomic mass is 10.7. The van der Waals surface area contributed by atoms with E-state index in [2.05, 4.69) is 0 Å². The maximum absolute atomic E-state index is 9.90. The van der Waals surface area contributed by atoms with Crippen molar-refractivity contribution >= 4 is 6.29 Å². The summed E-state index contributed by atoms with van der Waals surface area (Å²) in [6.07, 6.45) is 0.715. The number of ether oxygens (including phenoxy) is 5. The number of carbonyl (C=O) groups is 1. The normalized spacial score (nSPS) is 10.6. The van der Waals surface area contributed by atoms with Crippen LogP contribution < -0.4 is 0 Å². The maximum atomic E-state index is 9.90. The topological polar surface area (TPSA) is 63.2 Å². The van der Waals surface area contributed by atoms with Crippen molar-refractivity contribution in [3.05, 3.63) is 0 Å². The molecule has 0 aromatic carbocycles. The van der Waals surface area contributed by atoms with Crippen LogP contribution in [0.3, 0.4) is 0 Å². The third-order valence-corrected chi connectivity index (χ3v) is 1.73. The van der Waals surface area contributed by atoms with Crippen molar-refractivity contribution in [2.75, 3.05) is 66.6 Å². The van der Waals surface area contributed by atoms with Gasteiger partial charge in [-0.2, -0.15) is 0 Å². The number of hydrogen-bond donors (Lipinski definition) is 0. The van der Waals surface area contributed by atoms with Crippen LogP contribution in [0.5, 0.6) is 0 Å². The molecule has 0 aliphatic rings. The molecule has 0 atom stereocenters. The van der Waals surface area contributed by atoms with E-state index in [4.69, 9.17) is 23.7 Å². The van der Waals surface area contributed by atoms with Gasteiger partial charge in [0.05, 0.1) is 52.9 Å². The molecule has 0 amide bonds. The Morgan fingerprint density at radius 1 is 0.706 bits per heavy atom. The summed E-state index contributed by atoms with van der Waals surface area (Å²) >= 11 is 0. The van der Waals surface area contributed by atoms with Gasteiger partial charge in [-0.25, -0.2) is 0 Å². The molecule has 0 aromatic heterocycles. The van der Waals surface area contributed by atoms with Gasteiger partial charge in [-0.05, 0) is 0 Å². The summed E-state index contributed by atoms with van der Waals surface area (Å²) in [5.74, 6) is 0. The van der Waals surface area contributed by atoms with Gasteiger partial charge in [0, 0.05) is 7.11 Å². The monoisotopic (exact) mass is 250 g/mol. The Morgan fingerprint density at radius 2 is 1.12 bits per heavy atom. The highest BCUT2D eigenvalue weighted by atomic mass is 16.6. The number of methoxy groups -OCH3 is 1. The number of hydrogen-bond acceptors (Lipinski definition) is 6. The summed E-state index contributed by atoms with van der Waals surface area (Å²) in [6.45, 7) is 4.37. The molecule has 0 heterocycles. The van der Waals surface area contributed by atoms with Gasteiger partial charge in [-0.1, -0.05) is 0 Å². The fourth-order valence-corrected chi connectivity index (χ4v) is 0.933. The molecule has 0 radical (unpaired) electrons. The summed E-state index contributed by atoms with van der Waals surface area (Å²) < 4.78 is 25.4. The van der Waals surface area contributed by atoms with E-state index in [0.29, 0.717) is 59.1 Å². The SMILES string of the molecule is COCCOCCOCCOCCOCC=O. The van der Waals surface area contributed by atoms with Crippen LogP contribution in [0.2, 0.25) is 0 Å². The molecule has 6 heteroatoms. The lowest BCUT2D eigenvalue weighted by molar-refractivity contribution is -0.112. The van der Waals surface area contributed by atoms with Gasteiger partial charge in [0.25, 0.3) is 0 Å². The zero-order chi connectivity index (χ0) is 12.6. The van der Waals surface area contributed by atoms with E-state index in [1.165, 1.54) is 0 Å². The minimum absolute atomic E-state index is 0.124. The molecule has 0 aliphatic carbocycles. The third-order valence-electron chi connectivity index (χ3n) is 1.73. The highest BCUT2D eigenvalue weighted by molar-refractivity contribution is 5.50. The molecule has 0 N–H and O–H groups in total. The molecule has 0 unspecified atom stereocenters. The Balaban J connectivity index is 2.87. The average Bonchev–Trinajstić information content (AvgIpc) is 2.35. The average molecular weight is 250 g/mol. The number of carbonyl (C=O) groups excluding carboxylic acids is 1. The lowest BCUT2D eigenvalue weighted by Gasteiger charge is -2.06. The molecule has 0 bridgehead atoms. The van der Waals surface area contributed by atoms with E-state index in [9.17, 15) is 4.79 Å².